The van der Waals surface area contributed by atoms with Crippen LogP contribution < -0.4 is 5.32 Å². The SMILES string of the molecule is CCN(C)C1(CNC(=O)N(C)Cc2ccc3nonc3c2)CCCCC1. The molecule has 1 fully saturated rings. The van der Waals surface area contributed by atoms with E-state index in [0.717, 1.165) is 30.5 Å². The predicted molar refractivity (Wildman–Crippen MR) is 101 cm³/mol. The number of aromatic nitrogens is 2. The first kappa shape index (κ1) is 18.6. The van der Waals surface area contributed by atoms with E-state index in [0.29, 0.717) is 18.6 Å². The molecule has 1 aromatic heterocycles. The summed E-state index contributed by atoms with van der Waals surface area (Å²) in [4.78, 5) is 16.7. The molecule has 1 aromatic carbocycles. The molecule has 0 spiro atoms. The van der Waals surface area contributed by atoms with E-state index in [1.807, 2.05) is 25.2 Å². The first-order valence-electron chi connectivity index (χ1n) is 9.45. The van der Waals surface area contributed by atoms with Crippen LogP contribution in [0.1, 0.15) is 44.6 Å². The number of likely N-dealkylation sites (N-methyl/N-ethyl adjacent to an activating group) is 1. The Labute approximate surface area is 154 Å². The van der Waals surface area contributed by atoms with Crippen LogP contribution in [0.4, 0.5) is 4.79 Å². The van der Waals surface area contributed by atoms with Crippen LogP contribution in [0.15, 0.2) is 22.8 Å². The molecule has 7 heteroatoms. The molecule has 2 amide bonds. The van der Waals surface area contributed by atoms with Crippen molar-refractivity contribution in [2.45, 2.75) is 51.1 Å². The van der Waals surface area contributed by atoms with Gasteiger partial charge in [-0.2, -0.15) is 0 Å². The Hall–Kier alpha value is -2.15. The molecule has 0 unspecified atom stereocenters. The second-order valence-electron chi connectivity index (χ2n) is 7.40. The number of rotatable bonds is 6. The van der Waals surface area contributed by atoms with Crippen molar-refractivity contribution >= 4 is 17.1 Å². The average Bonchev–Trinajstić information content (AvgIpc) is 3.14. The molecule has 0 bridgehead atoms. The second kappa shape index (κ2) is 8.03. The minimum atomic E-state index is -0.0437. The Bertz CT molecular complexity index is 738. The van der Waals surface area contributed by atoms with Gasteiger partial charge in [0, 0.05) is 25.7 Å². The van der Waals surface area contributed by atoms with Crippen LogP contribution in [0.2, 0.25) is 0 Å². The van der Waals surface area contributed by atoms with Gasteiger partial charge < -0.3 is 10.2 Å². The minimum absolute atomic E-state index is 0.0437. The van der Waals surface area contributed by atoms with Gasteiger partial charge >= 0.3 is 6.03 Å². The number of nitrogens with zero attached hydrogens (tertiary/aromatic N) is 4. The van der Waals surface area contributed by atoms with E-state index in [1.165, 1.54) is 19.3 Å². The molecule has 0 radical (unpaired) electrons. The lowest BCUT2D eigenvalue weighted by Gasteiger charge is -2.44. The van der Waals surface area contributed by atoms with E-state index in [2.05, 4.69) is 34.5 Å². The number of carbonyl (C=O) groups excluding carboxylic acids is 1. The number of hydrogen-bond donors (Lipinski definition) is 1. The second-order valence-corrected chi connectivity index (χ2v) is 7.40. The normalized spacial score (nSPS) is 16.8. The average molecular weight is 359 g/mol. The Morgan fingerprint density at radius 2 is 1.92 bits per heavy atom. The van der Waals surface area contributed by atoms with Crippen molar-refractivity contribution in [3.05, 3.63) is 23.8 Å². The van der Waals surface area contributed by atoms with E-state index >= 15 is 0 Å². The van der Waals surface area contributed by atoms with E-state index in [1.54, 1.807) is 4.90 Å². The van der Waals surface area contributed by atoms with Gasteiger partial charge in [-0.05, 0) is 54.4 Å². The first-order valence-corrected chi connectivity index (χ1v) is 9.45. The highest BCUT2D eigenvalue weighted by Crippen LogP contribution is 2.32. The largest absolute Gasteiger partial charge is 0.336 e. The highest BCUT2D eigenvalue weighted by molar-refractivity contribution is 5.75. The van der Waals surface area contributed by atoms with E-state index in [-0.39, 0.29) is 11.6 Å². The number of nitrogens with one attached hydrogen (secondary N) is 1. The van der Waals surface area contributed by atoms with Gasteiger partial charge in [-0.3, -0.25) is 4.90 Å². The van der Waals surface area contributed by atoms with Crippen LogP contribution >= 0.6 is 0 Å². The molecule has 26 heavy (non-hydrogen) atoms. The number of urea groups is 1. The molecule has 1 heterocycles. The van der Waals surface area contributed by atoms with Crippen molar-refractivity contribution in [3.8, 4) is 0 Å². The van der Waals surface area contributed by atoms with Crippen LogP contribution in [0.25, 0.3) is 11.0 Å². The molecule has 1 aliphatic carbocycles. The smallest absolute Gasteiger partial charge is 0.317 e. The Kier molecular flexibility index (Phi) is 5.76. The maximum atomic E-state index is 12.6. The quantitative estimate of drug-likeness (QED) is 0.858. The molecule has 1 aliphatic rings. The summed E-state index contributed by atoms with van der Waals surface area (Å²) in [6.45, 7) is 4.40. The molecular formula is C19H29N5O2. The van der Waals surface area contributed by atoms with Crippen molar-refractivity contribution in [2.75, 3.05) is 27.2 Å². The van der Waals surface area contributed by atoms with Gasteiger partial charge in [-0.15, -0.1) is 0 Å². The topological polar surface area (TPSA) is 74.5 Å². The van der Waals surface area contributed by atoms with Crippen LogP contribution in [0.3, 0.4) is 0 Å². The third kappa shape index (κ3) is 3.98. The summed E-state index contributed by atoms with van der Waals surface area (Å²) in [5.74, 6) is 0. The zero-order valence-corrected chi connectivity index (χ0v) is 16.0. The van der Waals surface area contributed by atoms with Crippen LogP contribution in [-0.4, -0.2) is 58.9 Å². The maximum Gasteiger partial charge on any atom is 0.317 e. The van der Waals surface area contributed by atoms with Crippen LogP contribution in [-0.2, 0) is 6.54 Å². The lowest BCUT2D eigenvalue weighted by molar-refractivity contribution is 0.0793. The summed E-state index contributed by atoms with van der Waals surface area (Å²) < 4.78 is 4.72. The Morgan fingerprint density at radius 1 is 1.19 bits per heavy atom. The van der Waals surface area contributed by atoms with Crippen molar-refractivity contribution in [2.24, 2.45) is 0 Å². The van der Waals surface area contributed by atoms with E-state index in [4.69, 9.17) is 4.63 Å². The molecule has 1 saturated carbocycles. The maximum absolute atomic E-state index is 12.6. The summed E-state index contributed by atoms with van der Waals surface area (Å²) >= 11 is 0. The van der Waals surface area contributed by atoms with Gasteiger partial charge in [-0.1, -0.05) is 32.3 Å². The first-order chi connectivity index (χ1) is 12.5. The molecule has 7 nitrogen and oxygen atoms in total. The van der Waals surface area contributed by atoms with Crippen molar-refractivity contribution in [1.29, 1.82) is 0 Å². The molecule has 0 aliphatic heterocycles. The van der Waals surface area contributed by atoms with Gasteiger partial charge in [0.2, 0.25) is 0 Å². The summed E-state index contributed by atoms with van der Waals surface area (Å²) in [5.41, 5.74) is 2.53. The van der Waals surface area contributed by atoms with E-state index in [9.17, 15) is 4.79 Å². The molecule has 0 atom stereocenters. The molecule has 2 aromatic rings. The number of hydrogen-bond acceptors (Lipinski definition) is 5. The zero-order chi connectivity index (χ0) is 18.6. The fraction of sp³-hybridized carbons (Fsp3) is 0.632. The summed E-state index contributed by atoms with van der Waals surface area (Å²) in [6, 6.07) is 5.67. The number of amides is 2. The van der Waals surface area contributed by atoms with Crippen molar-refractivity contribution in [3.63, 3.8) is 0 Å². The summed E-state index contributed by atoms with van der Waals surface area (Å²) in [6.07, 6.45) is 6.07. The number of fused-ring (bicyclic) bond motifs is 1. The third-order valence-electron chi connectivity index (χ3n) is 5.72. The van der Waals surface area contributed by atoms with E-state index < -0.39 is 0 Å². The van der Waals surface area contributed by atoms with Crippen LogP contribution in [0.5, 0.6) is 0 Å². The molecular weight excluding hydrogens is 330 g/mol. The Morgan fingerprint density at radius 3 is 2.65 bits per heavy atom. The molecule has 3 rings (SSSR count). The number of benzene rings is 1. The van der Waals surface area contributed by atoms with Gasteiger partial charge in [-0.25, -0.2) is 9.42 Å². The molecule has 1 N–H and O–H groups in total. The highest BCUT2D eigenvalue weighted by atomic mass is 16.6. The minimum Gasteiger partial charge on any atom is -0.336 e. The Balaban J connectivity index is 1.59. The van der Waals surface area contributed by atoms with Crippen molar-refractivity contribution in [1.82, 2.24) is 25.4 Å². The summed E-state index contributed by atoms with van der Waals surface area (Å²) in [5, 5.41) is 10.8. The van der Waals surface area contributed by atoms with Gasteiger partial charge in [0.1, 0.15) is 11.0 Å². The lowest BCUT2D eigenvalue weighted by Crippen LogP contribution is -2.56. The highest BCUT2D eigenvalue weighted by Gasteiger charge is 2.35. The standard InChI is InChI=1S/C19H29N5O2/c1-4-24(3)19(10-6-5-7-11-19)14-20-18(25)23(2)13-15-8-9-16-17(12-15)22-26-21-16/h8-9,12H,4-7,10-11,13-14H2,1-3H3,(H,20,25). The fourth-order valence-corrected chi connectivity index (χ4v) is 3.89. The lowest BCUT2D eigenvalue weighted by atomic mass is 9.80. The summed E-state index contributed by atoms with van der Waals surface area (Å²) in [7, 11) is 3.99. The van der Waals surface area contributed by atoms with Crippen LogP contribution in [0, 0.1) is 0 Å². The predicted octanol–water partition coefficient (Wildman–Crippen LogP) is 3.02. The van der Waals surface area contributed by atoms with Gasteiger partial charge in [0.05, 0.1) is 0 Å². The zero-order valence-electron chi connectivity index (χ0n) is 16.0. The van der Waals surface area contributed by atoms with Gasteiger partial charge in [0.15, 0.2) is 0 Å². The monoisotopic (exact) mass is 359 g/mol. The number of carbonyl (C=O) groups is 1. The third-order valence-corrected chi connectivity index (χ3v) is 5.72. The molecule has 0 saturated heterocycles. The fourth-order valence-electron chi connectivity index (χ4n) is 3.89. The molecule has 142 valence electrons. The van der Waals surface area contributed by atoms with Gasteiger partial charge in [0.25, 0.3) is 0 Å². The van der Waals surface area contributed by atoms with Crippen molar-refractivity contribution < 1.29 is 9.42 Å².